The summed E-state index contributed by atoms with van der Waals surface area (Å²) < 4.78 is 26.5. The first-order valence-corrected chi connectivity index (χ1v) is 6.69. The van der Waals surface area contributed by atoms with Crippen LogP contribution in [0.25, 0.3) is 0 Å². The van der Waals surface area contributed by atoms with E-state index in [0.29, 0.717) is 12.8 Å². The van der Waals surface area contributed by atoms with E-state index < -0.39 is 15.6 Å². The molecule has 5 nitrogen and oxygen atoms in total. The molecule has 1 rings (SSSR count). The van der Waals surface area contributed by atoms with Crippen molar-refractivity contribution >= 4 is 10.0 Å². The smallest absolute Gasteiger partial charge is 0.242 e. The lowest BCUT2D eigenvalue weighted by atomic mass is 9.97. The normalized spacial score (nSPS) is 15.9. The van der Waals surface area contributed by atoms with E-state index in [-0.39, 0.29) is 11.5 Å². The number of aliphatic hydroxyl groups is 1. The van der Waals surface area contributed by atoms with E-state index in [1.165, 1.54) is 12.3 Å². The lowest BCUT2D eigenvalue weighted by Crippen LogP contribution is -2.45. The van der Waals surface area contributed by atoms with Crippen molar-refractivity contribution in [3.05, 3.63) is 18.5 Å². The van der Waals surface area contributed by atoms with Gasteiger partial charge in [-0.2, -0.15) is 0 Å². The van der Waals surface area contributed by atoms with Gasteiger partial charge in [0.05, 0.1) is 4.90 Å². The molecule has 0 saturated carbocycles. The lowest BCUT2D eigenvalue weighted by molar-refractivity contribution is 0.233. The molecule has 16 heavy (non-hydrogen) atoms. The summed E-state index contributed by atoms with van der Waals surface area (Å²) in [6, 6.07) is 1.50. The first-order valence-electron chi connectivity index (χ1n) is 5.21. The molecule has 0 bridgehead atoms. The number of nitrogens with one attached hydrogen (secondary N) is 2. The number of aromatic nitrogens is 1. The van der Waals surface area contributed by atoms with Gasteiger partial charge in [-0.1, -0.05) is 6.92 Å². The highest BCUT2D eigenvalue weighted by Crippen LogP contribution is 2.18. The van der Waals surface area contributed by atoms with Crippen LogP contribution in [0.4, 0.5) is 0 Å². The van der Waals surface area contributed by atoms with E-state index in [2.05, 4.69) is 9.71 Å². The van der Waals surface area contributed by atoms with Crippen LogP contribution in [0.3, 0.4) is 0 Å². The minimum Gasteiger partial charge on any atom is -0.396 e. The highest BCUT2D eigenvalue weighted by atomic mass is 32.2. The first kappa shape index (κ1) is 13.2. The van der Waals surface area contributed by atoms with Gasteiger partial charge in [0.25, 0.3) is 0 Å². The van der Waals surface area contributed by atoms with E-state index in [0.717, 1.165) is 0 Å². The quantitative estimate of drug-likeness (QED) is 0.695. The Morgan fingerprint density at radius 3 is 2.69 bits per heavy atom. The highest BCUT2D eigenvalue weighted by molar-refractivity contribution is 7.89. The van der Waals surface area contributed by atoms with Crippen LogP contribution in [-0.4, -0.2) is 30.7 Å². The molecule has 0 aromatic carbocycles. The summed E-state index contributed by atoms with van der Waals surface area (Å²) in [7, 11) is -3.50. The van der Waals surface area contributed by atoms with Crippen LogP contribution < -0.4 is 4.72 Å². The van der Waals surface area contributed by atoms with Crippen LogP contribution in [-0.2, 0) is 10.0 Å². The van der Waals surface area contributed by atoms with Crippen LogP contribution in [0.15, 0.2) is 23.4 Å². The standard InChI is InChI=1S/C10H18N2O3S/c1-3-10(2,5-7-13)12-16(14,15)9-4-6-11-8-9/h4,6,8,11-13H,3,5,7H2,1-2H3. The Labute approximate surface area is 95.9 Å². The lowest BCUT2D eigenvalue weighted by Gasteiger charge is -2.28. The van der Waals surface area contributed by atoms with Crippen LogP contribution >= 0.6 is 0 Å². The number of rotatable bonds is 6. The molecule has 0 aliphatic carbocycles. The van der Waals surface area contributed by atoms with Crippen molar-refractivity contribution in [2.75, 3.05) is 6.61 Å². The second-order valence-electron chi connectivity index (χ2n) is 4.04. The number of hydrogen-bond acceptors (Lipinski definition) is 3. The summed E-state index contributed by atoms with van der Waals surface area (Å²) in [5, 5.41) is 8.92. The maximum absolute atomic E-state index is 11.9. The molecule has 0 aliphatic rings. The Hall–Kier alpha value is -0.850. The van der Waals surface area contributed by atoms with Gasteiger partial charge in [0.2, 0.25) is 10.0 Å². The number of aromatic amines is 1. The monoisotopic (exact) mass is 246 g/mol. The van der Waals surface area contributed by atoms with Gasteiger partial charge in [0.15, 0.2) is 0 Å². The first-order chi connectivity index (χ1) is 7.43. The Bertz CT molecular complexity index is 413. The van der Waals surface area contributed by atoms with Crippen molar-refractivity contribution in [3.63, 3.8) is 0 Å². The highest BCUT2D eigenvalue weighted by Gasteiger charge is 2.28. The zero-order chi connectivity index (χ0) is 12.2. The fourth-order valence-corrected chi connectivity index (χ4v) is 2.89. The van der Waals surface area contributed by atoms with Crippen LogP contribution in [0, 0.1) is 0 Å². The molecule has 0 fully saturated rings. The summed E-state index contributed by atoms with van der Waals surface area (Å²) in [5.41, 5.74) is -0.606. The maximum atomic E-state index is 11.9. The average molecular weight is 246 g/mol. The van der Waals surface area contributed by atoms with Crippen molar-refractivity contribution in [3.8, 4) is 0 Å². The van der Waals surface area contributed by atoms with Crippen LogP contribution in [0.1, 0.15) is 26.7 Å². The van der Waals surface area contributed by atoms with Gasteiger partial charge in [-0.25, -0.2) is 13.1 Å². The summed E-state index contributed by atoms with van der Waals surface area (Å²) in [6.07, 6.45) is 4.01. The summed E-state index contributed by atoms with van der Waals surface area (Å²) >= 11 is 0. The average Bonchev–Trinajstić information content (AvgIpc) is 2.70. The fraction of sp³-hybridized carbons (Fsp3) is 0.600. The van der Waals surface area contributed by atoms with E-state index in [9.17, 15) is 8.42 Å². The molecule has 3 N–H and O–H groups in total. The summed E-state index contributed by atoms with van der Waals surface area (Å²) in [5.74, 6) is 0. The molecule has 0 amide bonds. The molecule has 0 aliphatic heterocycles. The Morgan fingerprint density at radius 1 is 1.56 bits per heavy atom. The summed E-state index contributed by atoms with van der Waals surface area (Å²) in [6.45, 7) is 3.63. The molecule has 6 heteroatoms. The second kappa shape index (κ2) is 4.99. The largest absolute Gasteiger partial charge is 0.396 e. The van der Waals surface area contributed by atoms with Crippen LogP contribution in [0.2, 0.25) is 0 Å². The van der Waals surface area contributed by atoms with E-state index in [1.807, 2.05) is 6.92 Å². The van der Waals surface area contributed by atoms with E-state index in [1.54, 1.807) is 13.1 Å². The predicted octanol–water partition coefficient (Wildman–Crippen LogP) is 0.844. The van der Waals surface area contributed by atoms with E-state index >= 15 is 0 Å². The zero-order valence-corrected chi connectivity index (χ0v) is 10.3. The predicted molar refractivity (Wildman–Crippen MR) is 61.5 cm³/mol. The topological polar surface area (TPSA) is 82.2 Å². The van der Waals surface area contributed by atoms with Crippen molar-refractivity contribution in [1.29, 1.82) is 0 Å². The van der Waals surface area contributed by atoms with Crippen molar-refractivity contribution in [1.82, 2.24) is 9.71 Å². The number of H-pyrrole nitrogens is 1. The molecule has 1 unspecified atom stereocenters. The molecular formula is C10H18N2O3S. The van der Waals surface area contributed by atoms with Crippen molar-refractivity contribution in [2.24, 2.45) is 0 Å². The van der Waals surface area contributed by atoms with Gasteiger partial charge < -0.3 is 10.1 Å². The van der Waals surface area contributed by atoms with Gasteiger partial charge in [0.1, 0.15) is 0 Å². The summed E-state index contributed by atoms with van der Waals surface area (Å²) in [4.78, 5) is 2.92. The molecule has 0 spiro atoms. The SMILES string of the molecule is CCC(C)(CCO)NS(=O)(=O)c1cc[nH]c1. The molecular weight excluding hydrogens is 228 g/mol. The van der Waals surface area contributed by atoms with Gasteiger partial charge in [0, 0.05) is 24.5 Å². The molecule has 1 atom stereocenters. The van der Waals surface area contributed by atoms with Gasteiger partial charge in [-0.05, 0) is 25.8 Å². The Balaban J connectivity index is 2.87. The Morgan fingerprint density at radius 2 is 2.25 bits per heavy atom. The molecule has 1 heterocycles. The third kappa shape index (κ3) is 3.07. The fourth-order valence-electron chi connectivity index (χ4n) is 1.41. The molecule has 0 radical (unpaired) electrons. The van der Waals surface area contributed by atoms with E-state index in [4.69, 9.17) is 5.11 Å². The third-order valence-electron chi connectivity index (χ3n) is 2.70. The number of aliphatic hydroxyl groups excluding tert-OH is 1. The van der Waals surface area contributed by atoms with Gasteiger partial charge >= 0.3 is 0 Å². The minimum absolute atomic E-state index is 0.0417. The molecule has 92 valence electrons. The van der Waals surface area contributed by atoms with Crippen LogP contribution in [0.5, 0.6) is 0 Å². The second-order valence-corrected chi connectivity index (χ2v) is 5.72. The van der Waals surface area contributed by atoms with Gasteiger partial charge in [-0.15, -0.1) is 0 Å². The molecule has 1 aromatic rings. The number of sulfonamides is 1. The Kier molecular flexibility index (Phi) is 4.12. The third-order valence-corrected chi connectivity index (χ3v) is 4.34. The maximum Gasteiger partial charge on any atom is 0.242 e. The van der Waals surface area contributed by atoms with Crippen molar-refractivity contribution < 1.29 is 13.5 Å². The molecule has 1 aromatic heterocycles. The molecule has 0 saturated heterocycles. The van der Waals surface area contributed by atoms with Crippen molar-refractivity contribution in [2.45, 2.75) is 37.1 Å². The van der Waals surface area contributed by atoms with Gasteiger partial charge in [-0.3, -0.25) is 0 Å². The number of hydrogen-bond donors (Lipinski definition) is 3. The zero-order valence-electron chi connectivity index (χ0n) is 9.53. The minimum atomic E-state index is -3.50.